The van der Waals surface area contributed by atoms with Crippen LogP contribution in [0.15, 0.2) is 0 Å². The predicted molar refractivity (Wildman–Crippen MR) is 70.7 cm³/mol. The van der Waals surface area contributed by atoms with Crippen LogP contribution in [0.1, 0.15) is 34.1 Å². The first kappa shape index (κ1) is 20.8. The minimum atomic E-state index is -0.0139. The molecular formula is C12H30N2O2. The van der Waals surface area contributed by atoms with Gasteiger partial charge in [0.25, 0.3) is 0 Å². The molecule has 0 radical (unpaired) electrons. The summed E-state index contributed by atoms with van der Waals surface area (Å²) in [7, 11) is 7.16. The van der Waals surface area contributed by atoms with Crippen molar-refractivity contribution in [3.63, 3.8) is 0 Å². The number of hydrogen-bond acceptors (Lipinski definition) is 3. The van der Waals surface area contributed by atoms with E-state index in [4.69, 9.17) is 4.74 Å². The summed E-state index contributed by atoms with van der Waals surface area (Å²) >= 11 is 0. The highest BCUT2D eigenvalue weighted by Gasteiger charge is 2.12. The van der Waals surface area contributed by atoms with Gasteiger partial charge in [-0.05, 0) is 14.1 Å². The van der Waals surface area contributed by atoms with Crippen molar-refractivity contribution in [2.24, 2.45) is 0 Å². The second-order valence-electron chi connectivity index (χ2n) is 3.00. The Morgan fingerprint density at radius 3 is 1.94 bits per heavy atom. The molecule has 0 spiro atoms. The highest BCUT2D eigenvalue weighted by Crippen LogP contribution is 1.97. The van der Waals surface area contributed by atoms with Crippen molar-refractivity contribution in [2.75, 3.05) is 34.8 Å². The van der Waals surface area contributed by atoms with E-state index in [-0.39, 0.29) is 12.0 Å². The zero-order valence-electron chi connectivity index (χ0n) is 12.3. The third-order valence-corrected chi connectivity index (χ3v) is 1.59. The lowest BCUT2D eigenvalue weighted by atomic mass is 10.2. The van der Waals surface area contributed by atoms with E-state index in [2.05, 4.69) is 5.32 Å². The second kappa shape index (κ2) is 16.8. The van der Waals surface area contributed by atoms with Gasteiger partial charge in [-0.1, -0.05) is 27.7 Å². The van der Waals surface area contributed by atoms with Crippen LogP contribution in [0.4, 0.5) is 0 Å². The molecule has 1 atom stereocenters. The number of amides is 1. The van der Waals surface area contributed by atoms with Gasteiger partial charge in [0.05, 0.1) is 12.5 Å². The summed E-state index contributed by atoms with van der Waals surface area (Å²) in [5.41, 5.74) is 0. The smallest absolute Gasteiger partial charge is 0.222 e. The molecule has 1 amide bonds. The molecule has 0 saturated carbocycles. The highest BCUT2D eigenvalue weighted by molar-refractivity contribution is 5.76. The Morgan fingerprint density at radius 1 is 1.25 bits per heavy atom. The van der Waals surface area contributed by atoms with Gasteiger partial charge in [0, 0.05) is 20.7 Å². The topological polar surface area (TPSA) is 41.6 Å². The molecule has 0 aromatic rings. The van der Waals surface area contributed by atoms with E-state index in [0.29, 0.717) is 6.42 Å². The normalized spacial score (nSPS) is 10.6. The summed E-state index contributed by atoms with van der Waals surface area (Å²) in [6, 6.07) is 0. The molecule has 16 heavy (non-hydrogen) atoms. The van der Waals surface area contributed by atoms with Crippen molar-refractivity contribution >= 4 is 5.91 Å². The molecule has 0 saturated heterocycles. The van der Waals surface area contributed by atoms with E-state index in [1.807, 2.05) is 46.7 Å². The zero-order valence-corrected chi connectivity index (χ0v) is 12.3. The molecule has 0 aromatic heterocycles. The number of nitrogens with zero attached hydrogens (tertiary/aromatic N) is 1. The van der Waals surface area contributed by atoms with Crippen LogP contribution in [0.25, 0.3) is 0 Å². The van der Waals surface area contributed by atoms with Gasteiger partial charge < -0.3 is 15.0 Å². The number of nitrogens with one attached hydrogen (secondary N) is 1. The monoisotopic (exact) mass is 234 g/mol. The first-order valence-electron chi connectivity index (χ1n) is 5.98. The number of rotatable bonds is 5. The van der Waals surface area contributed by atoms with Crippen molar-refractivity contribution in [2.45, 2.75) is 40.2 Å². The molecule has 0 aliphatic rings. The fourth-order valence-corrected chi connectivity index (χ4v) is 0.939. The molecule has 0 aliphatic heterocycles. The molecule has 100 valence electrons. The number of likely N-dealkylation sites (N-methyl/N-ethyl adjacent to an activating group) is 1. The maximum atomic E-state index is 11.0. The molecule has 0 rings (SSSR count). The van der Waals surface area contributed by atoms with Crippen LogP contribution in [0.5, 0.6) is 0 Å². The summed E-state index contributed by atoms with van der Waals surface area (Å²) in [6.07, 6.45) is 0.408. The standard InChI is InChI=1S/C8H18N2O2.2C2H6/c1-9-8(11)5-7(12-4)6-10(2)3;2*1-2/h7H,5-6H2,1-4H3,(H,9,11);2*1-2H3. The van der Waals surface area contributed by atoms with Crippen LogP contribution in [-0.2, 0) is 9.53 Å². The lowest BCUT2D eigenvalue weighted by Gasteiger charge is -2.18. The van der Waals surface area contributed by atoms with Crippen molar-refractivity contribution in [3.8, 4) is 0 Å². The van der Waals surface area contributed by atoms with E-state index < -0.39 is 0 Å². The van der Waals surface area contributed by atoms with E-state index in [0.717, 1.165) is 6.54 Å². The Bertz CT molecular complexity index is 139. The van der Waals surface area contributed by atoms with Gasteiger partial charge in [-0.3, -0.25) is 4.79 Å². The van der Waals surface area contributed by atoms with Crippen molar-refractivity contribution < 1.29 is 9.53 Å². The molecule has 0 heterocycles. The Morgan fingerprint density at radius 2 is 1.69 bits per heavy atom. The van der Waals surface area contributed by atoms with Gasteiger partial charge in [0.15, 0.2) is 0 Å². The lowest BCUT2D eigenvalue weighted by molar-refractivity contribution is -0.123. The molecule has 0 bridgehead atoms. The Hall–Kier alpha value is -0.610. The molecule has 0 aliphatic carbocycles. The molecule has 0 fully saturated rings. The van der Waals surface area contributed by atoms with Gasteiger partial charge >= 0.3 is 0 Å². The summed E-state index contributed by atoms with van der Waals surface area (Å²) in [4.78, 5) is 13.0. The molecule has 4 heteroatoms. The molecular weight excluding hydrogens is 204 g/mol. The van der Waals surface area contributed by atoms with Crippen LogP contribution in [0.2, 0.25) is 0 Å². The first-order chi connectivity index (χ1) is 7.60. The van der Waals surface area contributed by atoms with E-state index in [9.17, 15) is 4.79 Å². The highest BCUT2D eigenvalue weighted by atomic mass is 16.5. The quantitative estimate of drug-likeness (QED) is 0.788. The fourth-order valence-electron chi connectivity index (χ4n) is 0.939. The van der Waals surface area contributed by atoms with Gasteiger partial charge in [-0.25, -0.2) is 0 Å². The van der Waals surface area contributed by atoms with Crippen molar-refractivity contribution in [1.82, 2.24) is 10.2 Å². The van der Waals surface area contributed by atoms with Crippen LogP contribution in [0, 0.1) is 0 Å². The van der Waals surface area contributed by atoms with Crippen LogP contribution in [0.3, 0.4) is 0 Å². The van der Waals surface area contributed by atoms with E-state index >= 15 is 0 Å². The number of carbonyl (C=O) groups is 1. The molecule has 1 unspecified atom stereocenters. The van der Waals surface area contributed by atoms with Gasteiger partial charge in [-0.2, -0.15) is 0 Å². The predicted octanol–water partition coefficient (Wildman–Crippen LogP) is 1.75. The number of ether oxygens (including phenoxy) is 1. The summed E-state index contributed by atoms with van der Waals surface area (Å²) in [6.45, 7) is 8.77. The molecule has 4 nitrogen and oxygen atoms in total. The zero-order chi connectivity index (χ0) is 13.6. The largest absolute Gasteiger partial charge is 0.380 e. The maximum absolute atomic E-state index is 11.0. The van der Waals surface area contributed by atoms with E-state index in [1.54, 1.807) is 14.2 Å². The Labute approximate surface area is 101 Å². The van der Waals surface area contributed by atoms with E-state index in [1.165, 1.54) is 0 Å². The average Bonchev–Trinajstić information content (AvgIpc) is 2.32. The van der Waals surface area contributed by atoms with Crippen molar-refractivity contribution in [3.05, 3.63) is 0 Å². The average molecular weight is 234 g/mol. The van der Waals surface area contributed by atoms with Gasteiger partial charge in [-0.15, -0.1) is 0 Å². The SMILES string of the molecule is CC.CC.CNC(=O)CC(CN(C)C)OC. The van der Waals surface area contributed by atoms with Gasteiger partial charge in [0.2, 0.25) is 5.91 Å². The summed E-state index contributed by atoms with van der Waals surface area (Å²) in [5.74, 6) is 0.0173. The number of carbonyl (C=O) groups excluding carboxylic acids is 1. The Balaban J connectivity index is -0.000000376. The molecule has 0 aromatic carbocycles. The fraction of sp³-hybridized carbons (Fsp3) is 0.917. The first-order valence-corrected chi connectivity index (χ1v) is 5.98. The second-order valence-corrected chi connectivity index (χ2v) is 3.00. The van der Waals surface area contributed by atoms with Gasteiger partial charge in [0.1, 0.15) is 0 Å². The Kier molecular flexibility index (Phi) is 21.8. The summed E-state index contributed by atoms with van der Waals surface area (Å²) < 4.78 is 5.13. The van der Waals surface area contributed by atoms with Crippen LogP contribution < -0.4 is 5.32 Å². The minimum absolute atomic E-state index is 0.0139. The van der Waals surface area contributed by atoms with Crippen LogP contribution in [-0.4, -0.2) is 51.7 Å². The third kappa shape index (κ3) is 15.8. The molecule has 1 N–H and O–H groups in total. The minimum Gasteiger partial charge on any atom is -0.380 e. The maximum Gasteiger partial charge on any atom is 0.222 e. The third-order valence-electron chi connectivity index (χ3n) is 1.59. The summed E-state index contributed by atoms with van der Waals surface area (Å²) in [5, 5.41) is 2.57. The van der Waals surface area contributed by atoms with Crippen LogP contribution >= 0.6 is 0 Å². The lowest BCUT2D eigenvalue weighted by Crippen LogP contribution is -2.32. The number of methoxy groups -OCH3 is 1. The number of hydrogen-bond donors (Lipinski definition) is 1. The van der Waals surface area contributed by atoms with Crippen molar-refractivity contribution in [1.29, 1.82) is 0 Å².